The lowest BCUT2D eigenvalue weighted by molar-refractivity contribution is -1.24. The van der Waals surface area contributed by atoms with E-state index in [0.717, 1.165) is 4.57 Å². The molecule has 1 aliphatic heterocycles. The van der Waals surface area contributed by atoms with Crippen molar-refractivity contribution in [3.8, 4) is 0 Å². The number of ether oxygens (including phenoxy) is 1. The smallest absolute Gasteiger partial charge is 0.380 e. The average molecular weight is 1050 g/mol. The Morgan fingerprint density at radius 2 is 1.04 bits per heavy atom. The predicted octanol–water partition coefficient (Wildman–Crippen LogP) is 5.49. The average Bonchev–Trinajstić information content (AvgIpc) is 3.56. The largest absolute Gasteiger partial charge is 0.490 e. The molecular weight excluding hydrogens is 969 g/mol. The fourth-order valence-electron chi connectivity index (χ4n) is 12.5. The summed E-state index contributed by atoms with van der Waals surface area (Å²) in [5.41, 5.74) is -5.57. The van der Waals surface area contributed by atoms with Crippen LogP contribution < -0.4 is 11.2 Å². The number of rotatable bonds is 27. The van der Waals surface area contributed by atoms with Gasteiger partial charge in [0.2, 0.25) is 0 Å². The summed E-state index contributed by atoms with van der Waals surface area (Å²) >= 11 is 0. The molecule has 396 valence electrons. The summed E-state index contributed by atoms with van der Waals surface area (Å²) in [4.78, 5) is 74.0. The lowest BCUT2D eigenvalue weighted by Crippen LogP contribution is -2.99. The molecule has 0 aliphatic carbocycles. The van der Waals surface area contributed by atoms with Gasteiger partial charge in [-0.05, 0) is 94.2 Å². The van der Waals surface area contributed by atoms with Gasteiger partial charge in [0.15, 0.2) is 12.3 Å². The number of aromatic amines is 1. The van der Waals surface area contributed by atoms with Crippen molar-refractivity contribution in [3.05, 3.63) is 104 Å². The molecule has 24 heteroatoms. The summed E-state index contributed by atoms with van der Waals surface area (Å²) in [5, 5.41) is 28.9. The van der Waals surface area contributed by atoms with Gasteiger partial charge in [0.25, 0.3) is 5.56 Å². The molecule has 1 aromatic heterocycles. The van der Waals surface area contributed by atoms with Crippen molar-refractivity contribution in [2.24, 2.45) is 0 Å². The van der Waals surface area contributed by atoms with Crippen LogP contribution >= 0.6 is 23.5 Å². The van der Waals surface area contributed by atoms with Gasteiger partial charge < -0.3 is 29.8 Å². The quantitative estimate of drug-likeness (QED) is 0.0283. The minimum atomic E-state index is -6.26. The molecular formula is C46H81N6O15P3+4. The molecule has 2 unspecified atom stereocenters. The summed E-state index contributed by atoms with van der Waals surface area (Å²) in [6, 6.07) is 18.3. The highest BCUT2D eigenvalue weighted by atomic mass is 31.3. The van der Waals surface area contributed by atoms with Gasteiger partial charge in [0.05, 0.1) is 78.5 Å². The summed E-state index contributed by atoms with van der Waals surface area (Å²) in [7, 11) is -18.3. The van der Waals surface area contributed by atoms with Crippen molar-refractivity contribution in [1.82, 2.24) is 9.55 Å². The van der Waals surface area contributed by atoms with Crippen LogP contribution in [0.1, 0.15) is 112 Å². The topological polar surface area (TPSA) is 264 Å². The standard InChI is InChI=1S/C46H77N6O15P3/c1-13-49(14-2,15-3)44(56)40(53)42(48-35-38(41(54)47-43(48)55)39(36-31-27-25-28-32-36)37-33-29-26-30-34-37)64-45(44,50(16-4,17-5)18-6)46(51(19-7,20-8)21-9,52(22-10,23-11)24-12)65-69(60,61)67-70(62,63)66-68(57,58)59/h25-35,39-40,42,53,56H,13-24H2,1-12H3,(H-4,47,54,55,57,58,59,60,61,62,63)/p+4/t40-,42+,44-,45-/m0/s1. The van der Waals surface area contributed by atoms with Crippen molar-refractivity contribution in [3.63, 3.8) is 0 Å². The lowest BCUT2D eigenvalue weighted by atomic mass is 9.78. The maximum Gasteiger partial charge on any atom is 0.490 e. The molecule has 6 atom stereocenters. The van der Waals surface area contributed by atoms with Crippen molar-refractivity contribution in [2.75, 3.05) is 78.5 Å². The van der Waals surface area contributed by atoms with E-state index >= 15 is 9.67 Å². The molecule has 0 saturated carbocycles. The van der Waals surface area contributed by atoms with E-state index in [0.29, 0.717) is 11.1 Å². The van der Waals surface area contributed by atoms with E-state index in [1.165, 1.54) is 6.20 Å². The molecule has 2 heterocycles. The number of hydrogen-bond acceptors (Lipinski definition) is 11. The minimum absolute atomic E-state index is 0.0603. The number of quaternary nitrogens is 4. The van der Waals surface area contributed by atoms with Gasteiger partial charge in [-0.25, -0.2) is 27.5 Å². The highest BCUT2D eigenvalue weighted by Crippen LogP contribution is 2.72. The third-order valence-corrected chi connectivity index (χ3v) is 20.2. The molecule has 70 heavy (non-hydrogen) atoms. The second-order valence-electron chi connectivity index (χ2n) is 18.0. The second-order valence-corrected chi connectivity index (χ2v) is 22.3. The molecule has 0 amide bonds. The van der Waals surface area contributed by atoms with Gasteiger partial charge in [-0.2, -0.15) is 13.1 Å². The van der Waals surface area contributed by atoms with Crippen LogP contribution in [-0.2, 0) is 31.6 Å². The van der Waals surface area contributed by atoms with E-state index in [1.807, 2.05) is 102 Å². The molecule has 1 saturated heterocycles. The first-order valence-corrected chi connectivity index (χ1v) is 29.1. The summed E-state index contributed by atoms with van der Waals surface area (Å²) < 4.78 is 64.1. The number of benzene rings is 2. The summed E-state index contributed by atoms with van der Waals surface area (Å²) in [5.74, 6) is -3.36. The molecule has 1 fully saturated rings. The number of aliphatic hydroxyl groups is 2. The van der Waals surface area contributed by atoms with Crippen molar-refractivity contribution in [1.29, 1.82) is 0 Å². The number of H-pyrrole nitrogens is 1. The van der Waals surface area contributed by atoms with Gasteiger partial charge in [-0.1, -0.05) is 60.7 Å². The first kappa shape index (κ1) is 59.8. The molecule has 7 N–H and O–H groups in total. The number of phosphoric ester groups is 1. The van der Waals surface area contributed by atoms with Crippen molar-refractivity contribution < 1.29 is 79.3 Å². The minimum Gasteiger partial charge on any atom is -0.380 e. The van der Waals surface area contributed by atoms with Crippen molar-refractivity contribution in [2.45, 2.75) is 119 Å². The zero-order chi connectivity index (χ0) is 53.0. The molecule has 3 aromatic rings. The Morgan fingerprint density at radius 1 is 0.643 bits per heavy atom. The normalized spacial score (nSPS) is 22.6. The number of likely N-dealkylation sites (N-methyl/N-ethyl adjacent to an activating group) is 4. The first-order chi connectivity index (χ1) is 32.7. The number of nitrogens with zero attached hydrogens (tertiary/aromatic N) is 5. The van der Waals surface area contributed by atoms with Crippen molar-refractivity contribution >= 4 is 23.5 Å². The second kappa shape index (κ2) is 22.4. The van der Waals surface area contributed by atoms with E-state index in [4.69, 9.17) is 13.6 Å². The number of phosphoric acid groups is 3. The molecule has 0 spiro atoms. The number of aliphatic hydroxyl groups excluding tert-OH is 1. The fraction of sp³-hybridized carbons (Fsp3) is 0.652. The maximum atomic E-state index is 15.3. The van der Waals surface area contributed by atoms with Gasteiger partial charge >= 0.3 is 46.5 Å². The SMILES string of the molecule is CC[N+](CC)(CC)C(OP(=O)(O)OP(=O)(O)OP(=O)(O)O)([C@@]1([N+](CC)(CC)CC)O[C@@H](n2cc(C(c3ccccc3)c3ccccc3)c(=O)[nH]c2=O)[C@H](O)[C@@]1(O)[N+](CC)(CC)CC)[N+](CC)(CC)CC. The van der Waals surface area contributed by atoms with Gasteiger partial charge in [-0.3, -0.25) is 28.0 Å². The van der Waals surface area contributed by atoms with E-state index in [9.17, 15) is 43.4 Å². The number of aromatic nitrogens is 2. The Bertz CT molecular complexity index is 2380. The van der Waals surface area contributed by atoms with Crippen LogP contribution in [0.15, 0.2) is 76.4 Å². The first-order valence-electron chi connectivity index (χ1n) is 24.6. The van der Waals surface area contributed by atoms with Crippen LogP contribution in [0.3, 0.4) is 0 Å². The molecule has 1 aliphatic rings. The zero-order valence-corrected chi connectivity index (χ0v) is 45.7. The highest BCUT2D eigenvalue weighted by molar-refractivity contribution is 7.66. The Labute approximate surface area is 412 Å². The van der Waals surface area contributed by atoms with Crippen LogP contribution in [-0.4, -0.2) is 159 Å². The van der Waals surface area contributed by atoms with Gasteiger partial charge in [0.1, 0.15) is 0 Å². The van der Waals surface area contributed by atoms with Crippen LogP contribution in [0.2, 0.25) is 0 Å². The van der Waals surface area contributed by atoms with E-state index in [2.05, 4.69) is 9.29 Å². The predicted molar refractivity (Wildman–Crippen MR) is 264 cm³/mol. The van der Waals surface area contributed by atoms with Gasteiger partial charge in [0, 0.05) is 17.7 Å². The molecule has 4 rings (SSSR count). The monoisotopic (exact) mass is 1050 g/mol. The molecule has 2 aromatic carbocycles. The Hall–Kier alpha value is -2.75. The van der Waals surface area contributed by atoms with E-state index in [-0.39, 0.29) is 102 Å². The molecule has 0 radical (unpaired) electrons. The molecule has 21 nitrogen and oxygen atoms in total. The van der Waals surface area contributed by atoms with E-state index < -0.39 is 70.3 Å². The third kappa shape index (κ3) is 9.52. The van der Waals surface area contributed by atoms with Crippen LogP contribution in [0.5, 0.6) is 0 Å². The Kier molecular flexibility index (Phi) is 19.1. The van der Waals surface area contributed by atoms with Crippen LogP contribution in [0.25, 0.3) is 0 Å². The zero-order valence-electron chi connectivity index (χ0n) is 43.0. The Balaban J connectivity index is 2.48. The third-order valence-electron chi connectivity index (χ3n) is 16.4. The number of nitrogens with one attached hydrogen (secondary N) is 1. The van der Waals surface area contributed by atoms with E-state index in [1.54, 1.807) is 41.5 Å². The highest BCUT2D eigenvalue weighted by Gasteiger charge is 3.00. The summed E-state index contributed by atoms with van der Waals surface area (Å²) in [6.45, 7) is 22.7. The fourth-order valence-corrected chi connectivity index (χ4v) is 15.9. The molecule has 0 bridgehead atoms. The summed E-state index contributed by atoms with van der Waals surface area (Å²) in [6.07, 6.45) is -2.73. The van der Waals surface area contributed by atoms with Crippen LogP contribution in [0.4, 0.5) is 0 Å². The lowest BCUT2D eigenvalue weighted by Gasteiger charge is -2.68. The maximum absolute atomic E-state index is 15.3. The number of hydrogen-bond donors (Lipinski definition) is 7. The van der Waals surface area contributed by atoms with Crippen LogP contribution in [0, 0.1) is 0 Å². The Morgan fingerprint density at radius 3 is 1.40 bits per heavy atom. The van der Waals surface area contributed by atoms with Gasteiger partial charge in [-0.15, -0.1) is 0 Å².